The minimum Gasteiger partial charge on any atom is -0.325 e. The molecule has 1 aliphatic rings. The van der Waals surface area contributed by atoms with Gasteiger partial charge in [-0.05, 0) is 19.3 Å². The molecule has 6 nitrogen and oxygen atoms in total. The van der Waals surface area contributed by atoms with Crippen LogP contribution in [0, 0.1) is 12.8 Å². The van der Waals surface area contributed by atoms with Gasteiger partial charge in [-0.15, -0.1) is 0 Å². The summed E-state index contributed by atoms with van der Waals surface area (Å²) in [5, 5.41) is 6.59. The lowest BCUT2D eigenvalue weighted by molar-refractivity contribution is 0.495. The summed E-state index contributed by atoms with van der Waals surface area (Å²) in [6.45, 7) is 2.29. The molecule has 0 atom stereocenters. The lowest BCUT2D eigenvalue weighted by atomic mass is 10.1. The highest BCUT2D eigenvalue weighted by molar-refractivity contribution is 7.89. The summed E-state index contributed by atoms with van der Waals surface area (Å²) in [5.41, 5.74) is 6.44. The molecular weight excluding hydrogens is 264 g/mol. The zero-order chi connectivity index (χ0) is 13.9. The van der Waals surface area contributed by atoms with Crippen molar-refractivity contribution >= 4 is 10.0 Å². The van der Waals surface area contributed by atoms with E-state index >= 15 is 0 Å². The highest BCUT2D eigenvalue weighted by atomic mass is 32.2. The summed E-state index contributed by atoms with van der Waals surface area (Å²) in [4.78, 5) is 0.210. The first-order valence-electron chi connectivity index (χ1n) is 6.78. The van der Waals surface area contributed by atoms with Crippen molar-refractivity contribution in [3.8, 4) is 0 Å². The van der Waals surface area contributed by atoms with Gasteiger partial charge in [0.05, 0.1) is 11.4 Å². The third-order valence-corrected chi connectivity index (χ3v) is 5.41. The van der Waals surface area contributed by atoms with Crippen LogP contribution in [0.25, 0.3) is 0 Å². The molecule has 108 valence electrons. The maximum Gasteiger partial charge on any atom is 0.244 e. The molecule has 4 N–H and O–H groups in total. The number of aryl methyl sites for hydroxylation is 1. The average Bonchev–Trinajstić information content (AvgIpc) is 2.98. The van der Waals surface area contributed by atoms with Gasteiger partial charge in [0.1, 0.15) is 4.90 Å². The number of aromatic nitrogens is 2. The van der Waals surface area contributed by atoms with Crippen molar-refractivity contribution in [3.05, 3.63) is 11.4 Å². The second-order valence-electron chi connectivity index (χ2n) is 5.17. The van der Waals surface area contributed by atoms with E-state index in [1.54, 1.807) is 6.92 Å². The summed E-state index contributed by atoms with van der Waals surface area (Å²) >= 11 is 0. The first-order valence-corrected chi connectivity index (χ1v) is 8.26. The van der Waals surface area contributed by atoms with E-state index in [9.17, 15) is 8.42 Å². The SMILES string of the molecule is Cc1[nH]nc(CN)c1S(=O)(=O)NCCC1CCCC1. The highest BCUT2D eigenvalue weighted by Crippen LogP contribution is 2.27. The zero-order valence-corrected chi connectivity index (χ0v) is 12.1. The molecule has 1 aromatic rings. The van der Waals surface area contributed by atoms with Crippen molar-refractivity contribution in [2.75, 3.05) is 6.54 Å². The summed E-state index contributed by atoms with van der Waals surface area (Å²) in [6.07, 6.45) is 5.90. The van der Waals surface area contributed by atoms with Crippen LogP contribution in [-0.4, -0.2) is 25.2 Å². The Bertz CT molecular complexity index is 518. The quantitative estimate of drug-likeness (QED) is 0.727. The monoisotopic (exact) mass is 286 g/mol. The molecule has 0 unspecified atom stereocenters. The fourth-order valence-corrected chi connectivity index (χ4v) is 4.15. The maximum atomic E-state index is 12.2. The Morgan fingerprint density at radius 1 is 1.42 bits per heavy atom. The Morgan fingerprint density at radius 3 is 2.74 bits per heavy atom. The molecule has 1 fully saturated rings. The first kappa shape index (κ1) is 14.5. The van der Waals surface area contributed by atoms with Gasteiger partial charge in [-0.25, -0.2) is 13.1 Å². The topological polar surface area (TPSA) is 101 Å². The van der Waals surface area contributed by atoms with Crippen molar-refractivity contribution < 1.29 is 8.42 Å². The molecule has 0 spiro atoms. The van der Waals surface area contributed by atoms with Crippen LogP contribution < -0.4 is 10.5 Å². The molecule has 1 saturated carbocycles. The van der Waals surface area contributed by atoms with Crippen LogP contribution in [0.5, 0.6) is 0 Å². The van der Waals surface area contributed by atoms with Crippen molar-refractivity contribution in [1.29, 1.82) is 0 Å². The van der Waals surface area contributed by atoms with Gasteiger partial charge in [-0.2, -0.15) is 5.10 Å². The Morgan fingerprint density at radius 2 is 2.11 bits per heavy atom. The Kier molecular flexibility index (Phi) is 4.59. The fraction of sp³-hybridized carbons (Fsp3) is 0.750. The summed E-state index contributed by atoms with van der Waals surface area (Å²) < 4.78 is 27.1. The van der Waals surface area contributed by atoms with Gasteiger partial charge >= 0.3 is 0 Å². The molecule has 1 aliphatic carbocycles. The molecular formula is C12H22N4O2S. The van der Waals surface area contributed by atoms with Gasteiger partial charge in [0.2, 0.25) is 10.0 Å². The van der Waals surface area contributed by atoms with Crippen molar-refractivity contribution in [3.63, 3.8) is 0 Å². The number of rotatable bonds is 6. The number of sulfonamides is 1. The largest absolute Gasteiger partial charge is 0.325 e. The van der Waals surface area contributed by atoms with Crippen LogP contribution in [0.2, 0.25) is 0 Å². The molecule has 0 saturated heterocycles. The number of hydrogen-bond acceptors (Lipinski definition) is 4. The molecule has 1 aromatic heterocycles. The normalized spacial score (nSPS) is 17.2. The second-order valence-corrected chi connectivity index (χ2v) is 6.87. The molecule has 2 rings (SSSR count). The van der Waals surface area contributed by atoms with Crippen LogP contribution in [0.1, 0.15) is 43.5 Å². The van der Waals surface area contributed by atoms with Gasteiger partial charge in [0.15, 0.2) is 0 Å². The van der Waals surface area contributed by atoms with E-state index in [1.165, 1.54) is 25.7 Å². The van der Waals surface area contributed by atoms with Crippen LogP contribution in [0.15, 0.2) is 4.90 Å². The standard InChI is InChI=1S/C12H22N4O2S/c1-9-12(11(8-13)16-15-9)19(17,18)14-7-6-10-4-2-3-5-10/h10,14H,2-8,13H2,1H3,(H,15,16). The summed E-state index contributed by atoms with van der Waals surface area (Å²) in [7, 11) is -3.51. The number of nitrogens with zero attached hydrogens (tertiary/aromatic N) is 1. The van der Waals surface area contributed by atoms with E-state index in [0.29, 0.717) is 23.9 Å². The molecule has 0 aromatic carbocycles. The first-order chi connectivity index (χ1) is 9.04. The molecule has 0 radical (unpaired) electrons. The third-order valence-electron chi connectivity index (χ3n) is 3.74. The smallest absolute Gasteiger partial charge is 0.244 e. The second kappa shape index (κ2) is 6.02. The van der Waals surface area contributed by atoms with Gasteiger partial charge in [0.25, 0.3) is 0 Å². The van der Waals surface area contributed by atoms with E-state index < -0.39 is 10.0 Å². The minimum atomic E-state index is -3.51. The minimum absolute atomic E-state index is 0.114. The molecule has 0 aliphatic heterocycles. The number of aromatic amines is 1. The molecule has 1 heterocycles. The van der Waals surface area contributed by atoms with Gasteiger partial charge in [0, 0.05) is 13.1 Å². The van der Waals surface area contributed by atoms with Crippen LogP contribution in [0.3, 0.4) is 0 Å². The van der Waals surface area contributed by atoms with E-state index in [2.05, 4.69) is 14.9 Å². The van der Waals surface area contributed by atoms with E-state index in [-0.39, 0.29) is 11.4 Å². The van der Waals surface area contributed by atoms with E-state index in [4.69, 9.17) is 5.73 Å². The lowest BCUT2D eigenvalue weighted by Crippen LogP contribution is -2.27. The van der Waals surface area contributed by atoms with Crippen LogP contribution in [-0.2, 0) is 16.6 Å². The van der Waals surface area contributed by atoms with E-state index in [1.807, 2.05) is 0 Å². The Labute approximate surface area is 114 Å². The van der Waals surface area contributed by atoms with Crippen LogP contribution >= 0.6 is 0 Å². The van der Waals surface area contributed by atoms with Crippen molar-refractivity contribution in [2.45, 2.75) is 50.5 Å². The molecule has 7 heteroatoms. The number of nitrogens with two attached hydrogens (primary N) is 1. The molecule has 0 amide bonds. The third kappa shape index (κ3) is 3.34. The highest BCUT2D eigenvalue weighted by Gasteiger charge is 2.24. The molecule has 0 bridgehead atoms. The average molecular weight is 286 g/mol. The van der Waals surface area contributed by atoms with Crippen molar-refractivity contribution in [1.82, 2.24) is 14.9 Å². The number of hydrogen-bond donors (Lipinski definition) is 3. The number of nitrogens with one attached hydrogen (secondary N) is 2. The van der Waals surface area contributed by atoms with Gasteiger partial charge in [-0.3, -0.25) is 5.10 Å². The van der Waals surface area contributed by atoms with Crippen LogP contribution in [0.4, 0.5) is 0 Å². The fourth-order valence-electron chi connectivity index (χ4n) is 2.73. The zero-order valence-electron chi connectivity index (χ0n) is 11.3. The molecule has 19 heavy (non-hydrogen) atoms. The predicted molar refractivity (Wildman–Crippen MR) is 73.0 cm³/mol. The maximum absolute atomic E-state index is 12.2. The lowest BCUT2D eigenvalue weighted by Gasteiger charge is -2.10. The van der Waals surface area contributed by atoms with Gasteiger partial charge < -0.3 is 5.73 Å². The Balaban J connectivity index is 1.99. The predicted octanol–water partition coefficient (Wildman–Crippen LogP) is 1.04. The Hall–Kier alpha value is -0.920. The van der Waals surface area contributed by atoms with Crippen molar-refractivity contribution in [2.24, 2.45) is 11.7 Å². The summed E-state index contributed by atoms with van der Waals surface area (Å²) in [5.74, 6) is 0.669. The summed E-state index contributed by atoms with van der Waals surface area (Å²) in [6, 6.07) is 0. The van der Waals surface area contributed by atoms with E-state index in [0.717, 1.165) is 6.42 Å². The van der Waals surface area contributed by atoms with Gasteiger partial charge in [-0.1, -0.05) is 25.7 Å². The number of H-pyrrole nitrogens is 1.